The van der Waals surface area contributed by atoms with E-state index in [1.54, 1.807) is 0 Å². The van der Waals surface area contributed by atoms with E-state index in [0.29, 0.717) is 13.0 Å². The number of β-amino-alcohol motifs (C(OH)–C–C–N with tert-alkyl or cyclic N) is 1. The van der Waals surface area contributed by atoms with Crippen LogP contribution in [0.4, 0.5) is 0 Å². The number of nitrogens with zero attached hydrogens (tertiary/aromatic N) is 1. The van der Waals surface area contributed by atoms with Gasteiger partial charge in [-0.1, -0.05) is 20.8 Å². The van der Waals surface area contributed by atoms with Gasteiger partial charge in [0, 0.05) is 12.5 Å². The molecule has 0 amide bonds. The zero-order valence-corrected chi connectivity index (χ0v) is 8.66. The SMILES string of the molecule is CCN1C[C@@H](O)C[C@H]1C(=O)C(C)C. The van der Waals surface area contributed by atoms with Crippen molar-refractivity contribution >= 4 is 5.78 Å². The molecule has 13 heavy (non-hydrogen) atoms. The van der Waals surface area contributed by atoms with Crippen LogP contribution in [0.1, 0.15) is 27.2 Å². The Morgan fingerprint density at radius 2 is 2.23 bits per heavy atom. The molecule has 2 atom stereocenters. The van der Waals surface area contributed by atoms with Crippen molar-refractivity contribution in [3.63, 3.8) is 0 Å². The summed E-state index contributed by atoms with van der Waals surface area (Å²) in [6.45, 7) is 7.36. The van der Waals surface area contributed by atoms with Gasteiger partial charge in [0.2, 0.25) is 0 Å². The lowest BCUT2D eigenvalue weighted by Gasteiger charge is -2.22. The van der Waals surface area contributed by atoms with Crippen LogP contribution in [0.5, 0.6) is 0 Å². The number of hydrogen-bond acceptors (Lipinski definition) is 3. The molecule has 0 aromatic rings. The third-order valence-electron chi connectivity index (χ3n) is 2.69. The maximum atomic E-state index is 11.7. The fraction of sp³-hybridized carbons (Fsp3) is 0.900. The van der Waals surface area contributed by atoms with E-state index in [1.165, 1.54) is 0 Å². The Morgan fingerprint density at radius 3 is 2.69 bits per heavy atom. The molecule has 1 rings (SSSR count). The number of ketones is 1. The van der Waals surface area contributed by atoms with Gasteiger partial charge in [0.25, 0.3) is 0 Å². The highest BCUT2D eigenvalue weighted by Gasteiger charge is 2.35. The summed E-state index contributed by atoms with van der Waals surface area (Å²) >= 11 is 0. The van der Waals surface area contributed by atoms with E-state index in [4.69, 9.17) is 0 Å². The summed E-state index contributed by atoms with van der Waals surface area (Å²) in [6, 6.07) is -0.0417. The van der Waals surface area contributed by atoms with Gasteiger partial charge in [-0.3, -0.25) is 9.69 Å². The molecule has 1 aliphatic rings. The van der Waals surface area contributed by atoms with Gasteiger partial charge in [0.05, 0.1) is 12.1 Å². The van der Waals surface area contributed by atoms with Gasteiger partial charge in [-0.15, -0.1) is 0 Å². The molecule has 0 aromatic carbocycles. The Labute approximate surface area is 79.7 Å². The molecule has 1 saturated heterocycles. The van der Waals surface area contributed by atoms with Gasteiger partial charge < -0.3 is 5.11 Å². The monoisotopic (exact) mass is 185 g/mol. The van der Waals surface area contributed by atoms with Crippen LogP contribution in [0.3, 0.4) is 0 Å². The van der Waals surface area contributed by atoms with Crippen LogP contribution in [-0.4, -0.2) is 41.0 Å². The number of hydrogen-bond donors (Lipinski definition) is 1. The maximum Gasteiger partial charge on any atom is 0.152 e. The first-order valence-corrected chi connectivity index (χ1v) is 5.02. The predicted octanol–water partition coefficient (Wildman–Crippen LogP) is 0.667. The lowest BCUT2D eigenvalue weighted by Crippen LogP contribution is -2.38. The number of carbonyl (C=O) groups excluding carboxylic acids is 1. The summed E-state index contributed by atoms with van der Waals surface area (Å²) in [5.74, 6) is 0.336. The molecule has 0 radical (unpaired) electrons. The summed E-state index contributed by atoms with van der Waals surface area (Å²) in [5, 5.41) is 9.44. The molecule has 0 spiro atoms. The smallest absolute Gasteiger partial charge is 0.152 e. The number of likely N-dealkylation sites (N-methyl/N-ethyl adjacent to an activating group) is 1. The highest BCUT2D eigenvalue weighted by atomic mass is 16.3. The Hall–Kier alpha value is -0.410. The molecular weight excluding hydrogens is 166 g/mol. The summed E-state index contributed by atoms with van der Waals surface area (Å²) in [5.41, 5.74) is 0. The lowest BCUT2D eigenvalue weighted by atomic mass is 9.99. The van der Waals surface area contributed by atoms with Crippen molar-refractivity contribution in [2.75, 3.05) is 13.1 Å². The van der Waals surface area contributed by atoms with Gasteiger partial charge in [0.15, 0.2) is 5.78 Å². The van der Waals surface area contributed by atoms with Crippen molar-refractivity contribution in [1.29, 1.82) is 0 Å². The van der Waals surface area contributed by atoms with Crippen LogP contribution < -0.4 is 0 Å². The quantitative estimate of drug-likeness (QED) is 0.702. The number of rotatable bonds is 3. The molecule has 0 unspecified atom stereocenters. The standard InChI is InChI=1S/C10H19NO2/c1-4-11-6-8(12)5-9(11)10(13)7(2)3/h7-9,12H,4-6H2,1-3H3/t8-,9-/m0/s1. The van der Waals surface area contributed by atoms with Gasteiger partial charge in [-0.05, 0) is 13.0 Å². The summed E-state index contributed by atoms with van der Waals surface area (Å²) in [6.07, 6.45) is 0.304. The van der Waals surface area contributed by atoms with Crippen molar-refractivity contribution in [1.82, 2.24) is 4.90 Å². The normalized spacial score (nSPS) is 29.9. The molecule has 1 fully saturated rings. The molecule has 1 N–H and O–H groups in total. The highest BCUT2D eigenvalue weighted by Crippen LogP contribution is 2.20. The highest BCUT2D eigenvalue weighted by molar-refractivity contribution is 5.86. The lowest BCUT2D eigenvalue weighted by molar-refractivity contribution is -0.126. The Morgan fingerprint density at radius 1 is 1.62 bits per heavy atom. The molecule has 76 valence electrons. The first-order chi connectivity index (χ1) is 6.06. The minimum absolute atomic E-state index is 0.0417. The van der Waals surface area contributed by atoms with Crippen LogP contribution in [0.15, 0.2) is 0 Å². The van der Waals surface area contributed by atoms with Crippen LogP contribution >= 0.6 is 0 Å². The average Bonchev–Trinajstić information content (AvgIpc) is 2.45. The fourth-order valence-electron chi connectivity index (χ4n) is 1.91. The zero-order valence-electron chi connectivity index (χ0n) is 8.66. The Bertz CT molecular complexity index is 191. The molecule has 0 saturated carbocycles. The largest absolute Gasteiger partial charge is 0.392 e. The number of aliphatic hydroxyl groups excluding tert-OH is 1. The van der Waals surface area contributed by atoms with E-state index in [-0.39, 0.29) is 23.8 Å². The first-order valence-electron chi connectivity index (χ1n) is 5.02. The third kappa shape index (κ3) is 2.29. The van der Waals surface area contributed by atoms with Gasteiger partial charge in [-0.25, -0.2) is 0 Å². The van der Waals surface area contributed by atoms with Crippen LogP contribution in [0.2, 0.25) is 0 Å². The fourth-order valence-corrected chi connectivity index (χ4v) is 1.91. The van der Waals surface area contributed by atoms with Gasteiger partial charge in [0.1, 0.15) is 0 Å². The molecule has 0 aliphatic carbocycles. The van der Waals surface area contributed by atoms with Crippen LogP contribution in [-0.2, 0) is 4.79 Å². The van der Waals surface area contributed by atoms with Crippen molar-refractivity contribution < 1.29 is 9.90 Å². The van der Waals surface area contributed by atoms with Gasteiger partial charge >= 0.3 is 0 Å². The Balaban J connectivity index is 2.62. The van der Waals surface area contributed by atoms with Crippen molar-refractivity contribution in [3.05, 3.63) is 0 Å². The second kappa shape index (κ2) is 4.20. The second-order valence-corrected chi connectivity index (χ2v) is 4.05. The Kier molecular flexibility index (Phi) is 3.45. The maximum absolute atomic E-state index is 11.7. The molecule has 1 aliphatic heterocycles. The van der Waals surface area contributed by atoms with E-state index >= 15 is 0 Å². The average molecular weight is 185 g/mol. The van der Waals surface area contributed by atoms with E-state index < -0.39 is 0 Å². The molecule has 1 heterocycles. The summed E-state index contributed by atoms with van der Waals surface area (Å²) in [4.78, 5) is 13.8. The number of Topliss-reactive ketones (excluding diaryl/α,β-unsaturated/α-hetero) is 1. The van der Waals surface area contributed by atoms with Crippen molar-refractivity contribution in [2.45, 2.75) is 39.3 Å². The number of likely N-dealkylation sites (tertiary alicyclic amines) is 1. The van der Waals surface area contributed by atoms with Crippen molar-refractivity contribution in [2.24, 2.45) is 5.92 Å². The minimum Gasteiger partial charge on any atom is -0.392 e. The molecule has 0 aromatic heterocycles. The summed E-state index contributed by atoms with van der Waals surface area (Å²) in [7, 11) is 0. The van der Waals surface area contributed by atoms with Crippen LogP contribution in [0.25, 0.3) is 0 Å². The molecular formula is C10H19NO2. The van der Waals surface area contributed by atoms with Crippen LogP contribution in [0, 0.1) is 5.92 Å². The molecule has 3 heteroatoms. The van der Waals surface area contributed by atoms with E-state index in [1.807, 2.05) is 20.8 Å². The topological polar surface area (TPSA) is 40.5 Å². The van der Waals surface area contributed by atoms with Gasteiger partial charge in [-0.2, -0.15) is 0 Å². The minimum atomic E-state index is -0.312. The molecule has 3 nitrogen and oxygen atoms in total. The predicted molar refractivity (Wildman–Crippen MR) is 51.5 cm³/mol. The number of aliphatic hydroxyl groups is 1. The van der Waals surface area contributed by atoms with E-state index in [0.717, 1.165) is 6.54 Å². The van der Waals surface area contributed by atoms with E-state index in [2.05, 4.69) is 4.90 Å². The zero-order chi connectivity index (χ0) is 10.0. The van der Waals surface area contributed by atoms with Crippen molar-refractivity contribution in [3.8, 4) is 0 Å². The summed E-state index contributed by atoms with van der Waals surface area (Å²) < 4.78 is 0. The third-order valence-corrected chi connectivity index (χ3v) is 2.69. The van der Waals surface area contributed by atoms with E-state index in [9.17, 15) is 9.90 Å². The number of carbonyl (C=O) groups is 1. The second-order valence-electron chi connectivity index (χ2n) is 4.05. The molecule has 0 bridgehead atoms. The first kappa shape index (κ1) is 10.7.